The summed E-state index contributed by atoms with van der Waals surface area (Å²) in [6.07, 6.45) is 1.42. The van der Waals surface area contributed by atoms with E-state index in [1.54, 1.807) is 25.3 Å². The number of fused-ring (bicyclic) bond motifs is 1. The molecular formula is C23H20ClN3O3S. The van der Waals surface area contributed by atoms with Crippen LogP contribution in [-0.2, 0) is 11.3 Å². The van der Waals surface area contributed by atoms with Gasteiger partial charge in [-0.05, 0) is 49.2 Å². The van der Waals surface area contributed by atoms with Gasteiger partial charge in [-0.25, -0.2) is 4.98 Å². The van der Waals surface area contributed by atoms with Crippen LogP contribution in [0.2, 0.25) is 5.02 Å². The highest BCUT2D eigenvalue weighted by atomic mass is 35.5. The van der Waals surface area contributed by atoms with Crippen LogP contribution in [0, 0.1) is 13.8 Å². The minimum Gasteiger partial charge on any atom is -0.495 e. The van der Waals surface area contributed by atoms with E-state index in [0.29, 0.717) is 26.7 Å². The lowest BCUT2D eigenvalue weighted by Gasteiger charge is -2.12. The standard InChI is InChI=1S/C23H20ClN3O3S/c1-13-4-9-18(30-3)17(10-13)26-19(28)11-27-12-25-22-21(23(27)29)20(14(2)31-22)15-5-7-16(24)8-6-15/h4-10,12H,11H2,1-3H3,(H,26,28). The van der Waals surface area contributed by atoms with Crippen molar-refractivity contribution in [3.63, 3.8) is 0 Å². The number of ether oxygens (including phenoxy) is 1. The highest BCUT2D eigenvalue weighted by Gasteiger charge is 2.18. The van der Waals surface area contributed by atoms with Crippen molar-refractivity contribution in [3.05, 3.63) is 74.6 Å². The van der Waals surface area contributed by atoms with Gasteiger partial charge in [-0.15, -0.1) is 11.3 Å². The minimum atomic E-state index is -0.341. The molecule has 2 heterocycles. The van der Waals surface area contributed by atoms with Gasteiger partial charge in [0.2, 0.25) is 5.91 Å². The molecule has 1 amide bonds. The second-order valence-corrected chi connectivity index (χ2v) is 8.79. The smallest absolute Gasteiger partial charge is 0.263 e. The van der Waals surface area contributed by atoms with Gasteiger partial charge in [0.1, 0.15) is 17.1 Å². The normalized spacial score (nSPS) is 11.0. The third-order valence-corrected chi connectivity index (χ3v) is 6.20. The number of anilines is 1. The second kappa shape index (κ2) is 8.53. The first-order valence-corrected chi connectivity index (χ1v) is 10.8. The van der Waals surface area contributed by atoms with Crippen molar-refractivity contribution >= 4 is 44.7 Å². The van der Waals surface area contributed by atoms with Crippen LogP contribution in [0.15, 0.2) is 53.6 Å². The second-order valence-electron chi connectivity index (χ2n) is 7.15. The molecule has 4 aromatic rings. The molecule has 0 saturated carbocycles. The van der Waals surface area contributed by atoms with Crippen LogP contribution in [0.5, 0.6) is 5.75 Å². The molecule has 0 aliphatic carbocycles. The molecule has 158 valence electrons. The van der Waals surface area contributed by atoms with E-state index in [0.717, 1.165) is 21.6 Å². The third-order valence-electron chi connectivity index (χ3n) is 4.93. The summed E-state index contributed by atoms with van der Waals surface area (Å²) in [7, 11) is 1.54. The molecule has 0 spiro atoms. The summed E-state index contributed by atoms with van der Waals surface area (Å²) in [4.78, 5) is 32.0. The van der Waals surface area contributed by atoms with Crippen LogP contribution < -0.4 is 15.6 Å². The molecule has 2 aromatic heterocycles. The number of carbonyl (C=O) groups excluding carboxylic acids is 1. The van der Waals surface area contributed by atoms with E-state index in [1.807, 2.05) is 38.1 Å². The number of aryl methyl sites for hydroxylation is 2. The first-order valence-electron chi connectivity index (χ1n) is 9.56. The lowest BCUT2D eigenvalue weighted by atomic mass is 10.0. The van der Waals surface area contributed by atoms with Gasteiger partial charge in [0.05, 0.1) is 24.5 Å². The van der Waals surface area contributed by atoms with Gasteiger partial charge in [-0.3, -0.25) is 14.2 Å². The van der Waals surface area contributed by atoms with Crippen LogP contribution in [-0.4, -0.2) is 22.6 Å². The number of methoxy groups -OCH3 is 1. The van der Waals surface area contributed by atoms with Crippen LogP contribution >= 0.6 is 22.9 Å². The fourth-order valence-corrected chi connectivity index (χ4v) is 4.61. The number of aromatic nitrogens is 2. The zero-order chi connectivity index (χ0) is 22.1. The molecule has 31 heavy (non-hydrogen) atoms. The molecule has 0 aliphatic rings. The SMILES string of the molecule is COc1ccc(C)cc1NC(=O)Cn1cnc2sc(C)c(-c3ccc(Cl)cc3)c2c1=O. The molecule has 4 rings (SSSR count). The molecule has 0 fully saturated rings. The number of hydrogen-bond acceptors (Lipinski definition) is 5. The van der Waals surface area contributed by atoms with Crippen LogP contribution in [0.1, 0.15) is 10.4 Å². The Kier molecular flexibility index (Phi) is 5.80. The van der Waals surface area contributed by atoms with E-state index in [1.165, 1.54) is 22.2 Å². The Labute approximate surface area is 188 Å². The van der Waals surface area contributed by atoms with E-state index in [4.69, 9.17) is 16.3 Å². The van der Waals surface area contributed by atoms with Gasteiger partial charge in [-0.2, -0.15) is 0 Å². The average molecular weight is 454 g/mol. The van der Waals surface area contributed by atoms with Gasteiger partial charge >= 0.3 is 0 Å². The molecule has 0 unspecified atom stereocenters. The van der Waals surface area contributed by atoms with Gasteiger partial charge < -0.3 is 10.1 Å². The Balaban J connectivity index is 1.69. The summed E-state index contributed by atoms with van der Waals surface area (Å²) in [5.74, 6) is 0.213. The third kappa shape index (κ3) is 4.19. The number of rotatable bonds is 5. The Hall–Kier alpha value is -3.16. The number of nitrogens with one attached hydrogen (secondary N) is 1. The Morgan fingerprint density at radius 2 is 1.94 bits per heavy atom. The molecule has 1 N–H and O–H groups in total. The van der Waals surface area contributed by atoms with Crippen molar-refractivity contribution in [2.45, 2.75) is 20.4 Å². The van der Waals surface area contributed by atoms with Crippen molar-refractivity contribution in [3.8, 4) is 16.9 Å². The number of benzene rings is 2. The summed E-state index contributed by atoms with van der Waals surface area (Å²) in [5.41, 5.74) is 2.99. The molecule has 8 heteroatoms. The van der Waals surface area contributed by atoms with E-state index < -0.39 is 0 Å². The fraction of sp³-hybridized carbons (Fsp3) is 0.174. The van der Waals surface area contributed by atoms with Crippen LogP contribution in [0.3, 0.4) is 0 Å². The van der Waals surface area contributed by atoms with E-state index in [9.17, 15) is 9.59 Å². The lowest BCUT2D eigenvalue weighted by molar-refractivity contribution is -0.116. The van der Waals surface area contributed by atoms with Gasteiger partial charge in [-0.1, -0.05) is 29.8 Å². The number of nitrogens with zero attached hydrogens (tertiary/aromatic N) is 2. The fourth-order valence-electron chi connectivity index (χ4n) is 3.48. The average Bonchev–Trinajstić information content (AvgIpc) is 3.07. The molecule has 0 radical (unpaired) electrons. The zero-order valence-electron chi connectivity index (χ0n) is 17.2. The summed E-state index contributed by atoms with van der Waals surface area (Å²) < 4.78 is 6.63. The number of carbonyl (C=O) groups is 1. The maximum atomic E-state index is 13.3. The first-order chi connectivity index (χ1) is 14.9. The minimum absolute atomic E-state index is 0.159. The Morgan fingerprint density at radius 3 is 2.65 bits per heavy atom. The maximum Gasteiger partial charge on any atom is 0.263 e. The van der Waals surface area contributed by atoms with Crippen LogP contribution in [0.25, 0.3) is 21.3 Å². The highest BCUT2D eigenvalue weighted by molar-refractivity contribution is 7.19. The molecule has 0 bridgehead atoms. The van der Waals surface area contributed by atoms with Crippen LogP contribution in [0.4, 0.5) is 5.69 Å². The van der Waals surface area contributed by atoms with Crippen molar-refractivity contribution in [1.82, 2.24) is 9.55 Å². The van der Waals surface area contributed by atoms with Crippen molar-refractivity contribution in [1.29, 1.82) is 0 Å². The van der Waals surface area contributed by atoms with Crippen molar-refractivity contribution in [2.75, 3.05) is 12.4 Å². The predicted octanol–water partition coefficient (Wildman–Crippen LogP) is 5.04. The van der Waals surface area contributed by atoms with E-state index >= 15 is 0 Å². The predicted molar refractivity (Wildman–Crippen MR) is 125 cm³/mol. The van der Waals surface area contributed by atoms with Crippen molar-refractivity contribution in [2.24, 2.45) is 0 Å². The first kappa shape index (κ1) is 21.1. The molecular weight excluding hydrogens is 434 g/mol. The van der Waals surface area contributed by atoms with Gasteiger partial charge in [0.25, 0.3) is 5.56 Å². The van der Waals surface area contributed by atoms with Gasteiger partial charge in [0, 0.05) is 15.5 Å². The monoisotopic (exact) mass is 453 g/mol. The van der Waals surface area contributed by atoms with Crippen molar-refractivity contribution < 1.29 is 9.53 Å². The Morgan fingerprint density at radius 1 is 1.19 bits per heavy atom. The number of amides is 1. The summed E-state index contributed by atoms with van der Waals surface area (Å²) in [5, 5.41) is 3.95. The van der Waals surface area contributed by atoms with E-state index in [2.05, 4.69) is 10.3 Å². The largest absolute Gasteiger partial charge is 0.495 e. The molecule has 0 saturated heterocycles. The van der Waals surface area contributed by atoms with Gasteiger partial charge in [0.15, 0.2) is 0 Å². The number of hydrogen-bond donors (Lipinski definition) is 1. The summed E-state index contributed by atoms with van der Waals surface area (Å²) in [6, 6.07) is 12.8. The van der Waals surface area contributed by atoms with E-state index in [-0.39, 0.29) is 18.0 Å². The maximum absolute atomic E-state index is 13.3. The molecule has 2 aromatic carbocycles. The highest BCUT2D eigenvalue weighted by Crippen LogP contribution is 2.35. The zero-order valence-corrected chi connectivity index (χ0v) is 18.8. The molecule has 0 aliphatic heterocycles. The number of thiophene rings is 1. The topological polar surface area (TPSA) is 73.2 Å². The summed E-state index contributed by atoms with van der Waals surface area (Å²) >= 11 is 7.47. The summed E-state index contributed by atoms with van der Waals surface area (Å²) in [6.45, 7) is 3.72. The quantitative estimate of drug-likeness (QED) is 0.459. The lowest BCUT2D eigenvalue weighted by Crippen LogP contribution is -2.28. The molecule has 0 atom stereocenters. The number of halogens is 1. The molecule has 6 nitrogen and oxygen atoms in total. The Bertz CT molecular complexity index is 1340.